The van der Waals surface area contributed by atoms with Crippen LogP contribution < -0.4 is 5.73 Å². The molecular formula is C14H20N4O2S. The van der Waals surface area contributed by atoms with Crippen molar-refractivity contribution < 1.29 is 9.59 Å². The van der Waals surface area contributed by atoms with Crippen LogP contribution >= 0.6 is 11.3 Å². The van der Waals surface area contributed by atoms with Gasteiger partial charge < -0.3 is 10.6 Å². The minimum atomic E-state index is -0.488. The van der Waals surface area contributed by atoms with Crippen LogP contribution in [-0.4, -0.2) is 39.6 Å². The number of fused-ring (bicyclic) bond motifs is 1. The van der Waals surface area contributed by atoms with Crippen LogP contribution in [0.3, 0.4) is 0 Å². The molecule has 21 heavy (non-hydrogen) atoms. The molecule has 0 saturated heterocycles. The molecule has 6 nitrogen and oxygen atoms in total. The van der Waals surface area contributed by atoms with Gasteiger partial charge in [-0.3, -0.25) is 14.3 Å². The first-order chi connectivity index (χ1) is 9.93. The number of hydrogen-bond donors (Lipinski definition) is 1. The maximum absolute atomic E-state index is 12.6. The molecule has 0 bridgehead atoms. The van der Waals surface area contributed by atoms with E-state index in [4.69, 9.17) is 5.73 Å². The Labute approximate surface area is 127 Å². The largest absolute Gasteiger partial charge is 0.368 e. The highest BCUT2D eigenvalue weighted by Crippen LogP contribution is 2.28. The van der Waals surface area contributed by atoms with E-state index in [1.54, 1.807) is 4.68 Å². The second kappa shape index (κ2) is 6.26. The van der Waals surface area contributed by atoms with E-state index < -0.39 is 5.91 Å². The minimum absolute atomic E-state index is 0.0374. The number of carbonyl (C=O) groups is 2. The first kappa shape index (κ1) is 15.5. The summed E-state index contributed by atoms with van der Waals surface area (Å²) < 4.78 is 1.77. The third kappa shape index (κ3) is 3.24. The van der Waals surface area contributed by atoms with Crippen LogP contribution in [0.15, 0.2) is 6.07 Å². The van der Waals surface area contributed by atoms with Crippen LogP contribution in [-0.2, 0) is 11.8 Å². The maximum atomic E-state index is 12.6. The average Bonchev–Trinajstić information content (AvgIpc) is 2.96. The molecule has 0 aromatic carbocycles. The predicted molar refractivity (Wildman–Crippen MR) is 83.3 cm³/mol. The van der Waals surface area contributed by atoms with Crippen molar-refractivity contribution in [1.82, 2.24) is 14.7 Å². The standard InChI is InChI=1S/C14H20N4O2S/c1-4-5-6-18(8-12(15)19)13(20)11-7-10-9(2)16-17(3)14(10)21-11/h7H,4-6,8H2,1-3H3,(H2,15,19). The zero-order chi connectivity index (χ0) is 15.6. The first-order valence-electron chi connectivity index (χ1n) is 6.94. The lowest BCUT2D eigenvalue weighted by atomic mass is 10.2. The monoisotopic (exact) mass is 308 g/mol. The fourth-order valence-corrected chi connectivity index (χ4v) is 3.35. The lowest BCUT2D eigenvalue weighted by Gasteiger charge is -2.20. The second-order valence-corrected chi connectivity index (χ2v) is 6.12. The fraction of sp³-hybridized carbons (Fsp3) is 0.500. The molecule has 2 rings (SSSR count). The van der Waals surface area contributed by atoms with Gasteiger partial charge in [0.15, 0.2) is 0 Å². The number of unbranched alkanes of at least 4 members (excludes halogenated alkanes) is 1. The van der Waals surface area contributed by atoms with E-state index in [0.29, 0.717) is 11.4 Å². The lowest BCUT2D eigenvalue weighted by molar-refractivity contribution is -0.118. The number of hydrogen-bond acceptors (Lipinski definition) is 4. The molecule has 0 aliphatic carbocycles. The van der Waals surface area contributed by atoms with Gasteiger partial charge in [0.2, 0.25) is 5.91 Å². The van der Waals surface area contributed by atoms with Crippen LogP contribution in [0.4, 0.5) is 0 Å². The van der Waals surface area contributed by atoms with Gasteiger partial charge in [-0.05, 0) is 19.4 Å². The molecule has 0 radical (unpaired) electrons. The number of aryl methyl sites for hydroxylation is 2. The van der Waals surface area contributed by atoms with E-state index in [0.717, 1.165) is 28.8 Å². The Morgan fingerprint density at radius 1 is 1.48 bits per heavy atom. The zero-order valence-corrected chi connectivity index (χ0v) is 13.4. The van der Waals surface area contributed by atoms with Crippen molar-refractivity contribution >= 4 is 33.4 Å². The van der Waals surface area contributed by atoms with Gasteiger partial charge in [0, 0.05) is 19.0 Å². The summed E-state index contributed by atoms with van der Waals surface area (Å²) in [7, 11) is 1.86. The van der Waals surface area contributed by atoms with Crippen LogP contribution in [0.1, 0.15) is 35.1 Å². The summed E-state index contributed by atoms with van der Waals surface area (Å²) >= 11 is 1.40. The average molecular weight is 308 g/mol. The van der Waals surface area contributed by atoms with Gasteiger partial charge in [-0.1, -0.05) is 13.3 Å². The van der Waals surface area contributed by atoms with Crippen molar-refractivity contribution in [2.24, 2.45) is 12.8 Å². The molecule has 0 unspecified atom stereocenters. The summed E-state index contributed by atoms with van der Waals surface area (Å²) in [6.07, 6.45) is 1.81. The predicted octanol–water partition coefficient (Wildman–Crippen LogP) is 1.67. The highest BCUT2D eigenvalue weighted by molar-refractivity contribution is 7.20. The van der Waals surface area contributed by atoms with Crippen LogP contribution in [0.2, 0.25) is 0 Å². The Kier molecular flexibility index (Phi) is 4.62. The van der Waals surface area contributed by atoms with Gasteiger partial charge in [0.05, 0.1) is 17.1 Å². The molecular weight excluding hydrogens is 288 g/mol. The molecule has 7 heteroatoms. The van der Waals surface area contributed by atoms with Crippen molar-refractivity contribution in [1.29, 1.82) is 0 Å². The Bertz CT molecular complexity index is 639. The SMILES string of the molecule is CCCCN(CC(N)=O)C(=O)c1cc2c(C)nn(C)c2s1. The smallest absolute Gasteiger partial charge is 0.264 e. The van der Waals surface area contributed by atoms with E-state index >= 15 is 0 Å². The molecule has 2 heterocycles. The minimum Gasteiger partial charge on any atom is -0.368 e. The molecule has 0 fully saturated rings. The van der Waals surface area contributed by atoms with Gasteiger partial charge in [0.25, 0.3) is 5.91 Å². The number of carbonyl (C=O) groups excluding carboxylic acids is 2. The summed E-state index contributed by atoms with van der Waals surface area (Å²) in [5, 5.41) is 5.31. The lowest BCUT2D eigenvalue weighted by Crippen LogP contribution is -2.38. The normalized spacial score (nSPS) is 11.0. The number of nitrogens with zero attached hydrogens (tertiary/aromatic N) is 3. The van der Waals surface area contributed by atoms with Crippen molar-refractivity contribution in [3.63, 3.8) is 0 Å². The number of thiophene rings is 1. The Morgan fingerprint density at radius 3 is 2.76 bits per heavy atom. The summed E-state index contributed by atoms with van der Waals surface area (Å²) in [6, 6.07) is 1.85. The molecule has 114 valence electrons. The number of rotatable bonds is 6. The molecule has 0 spiro atoms. The van der Waals surface area contributed by atoms with Crippen LogP contribution in [0.5, 0.6) is 0 Å². The molecule has 0 aliphatic rings. The Morgan fingerprint density at radius 2 is 2.19 bits per heavy atom. The summed E-state index contributed by atoms with van der Waals surface area (Å²) in [4.78, 5) is 26.8. The summed E-state index contributed by atoms with van der Waals surface area (Å²) in [6.45, 7) is 4.47. The van der Waals surface area contributed by atoms with Crippen molar-refractivity contribution in [2.45, 2.75) is 26.7 Å². The van der Waals surface area contributed by atoms with Crippen molar-refractivity contribution in [2.75, 3.05) is 13.1 Å². The number of aromatic nitrogens is 2. The number of nitrogens with two attached hydrogens (primary N) is 1. The first-order valence-corrected chi connectivity index (χ1v) is 7.76. The summed E-state index contributed by atoms with van der Waals surface area (Å²) in [5.41, 5.74) is 6.14. The second-order valence-electron chi connectivity index (χ2n) is 5.09. The third-order valence-electron chi connectivity index (χ3n) is 3.32. The highest BCUT2D eigenvalue weighted by Gasteiger charge is 2.21. The van der Waals surface area contributed by atoms with E-state index in [1.165, 1.54) is 16.2 Å². The number of amides is 2. The molecule has 0 aliphatic heterocycles. The van der Waals surface area contributed by atoms with Crippen LogP contribution in [0.25, 0.3) is 10.2 Å². The van der Waals surface area contributed by atoms with Gasteiger partial charge in [0.1, 0.15) is 4.83 Å². The summed E-state index contributed by atoms with van der Waals surface area (Å²) in [5.74, 6) is -0.624. The molecule has 2 aromatic heterocycles. The van der Waals surface area contributed by atoms with Crippen molar-refractivity contribution in [3.05, 3.63) is 16.6 Å². The van der Waals surface area contributed by atoms with E-state index in [-0.39, 0.29) is 12.5 Å². The van der Waals surface area contributed by atoms with Gasteiger partial charge >= 0.3 is 0 Å². The fourth-order valence-electron chi connectivity index (χ4n) is 2.26. The molecule has 0 saturated carbocycles. The van der Waals surface area contributed by atoms with E-state index in [1.807, 2.05) is 27.0 Å². The zero-order valence-electron chi connectivity index (χ0n) is 12.5. The van der Waals surface area contributed by atoms with E-state index in [2.05, 4.69) is 5.10 Å². The van der Waals surface area contributed by atoms with Gasteiger partial charge in [-0.15, -0.1) is 11.3 Å². The Hall–Kier alpha value is -1.89. The van der Waals surface area contributed by atoms with Gasteiger partial charge in [-0.25, -0.2) is 0 Å². The molecule has 2 N–H and O–H groups in total. The van der Waals surface area contributed by atoms with Crippen molar-refractivity contribution in [3.8, 4) is 0 Å². The highest BCUT2D eigenvalue weighted by atomic mass is 32.1. The number of primary amides is 1. The molecule has 0 atom stereocenters. The van der Waals surface area contributed by atoms with Crippen LogP contribution in [0, 0.1) is 6.92 Å². The molecule has 2 amide bonds. The topological polar surface area (TPSA) is 81.2 Å². The third-order valence-corrected chi connectivity index (χ3v) is 4.51. The molecule has 2 aromatic rings. The quantitative estimate of drug-likeness (QED) is 0.881. The Balaban J connectivity index is 2.28. The van der Waals surface area contributed by atoms with Gasteiger partial charge in [-0.2, -0.15) is 5.10 Å². The maximum Gasteiger partial charge on any atom is 0.264 e. The van der Waals surface area contributed by atoms with E-state index in [9.17, 15) is 9.59 Å².